The van der Waals surface area contributed by atoms with Gasteiger partial charge in [0.1, 0.15) is 5.60 Å². The Kier molecular flexibility index (Phi) is 6.76. The number of methoxy groups -OCH3 is 1. The number of likely N-dealkylation sites (tertiary alicyclic amines) is 1. The van der Waals surface area contributed by atoms with Crippen LogP contribution >= 0.6 is 0 Å². The molecule has 0 aliphatic carbocycles. The van der Waals surface area contributed by atoms with Gasteiger partial charge in [-0.15, -0.1) is 0 Å². The molecule has 1 amide bonds. The van der Waals surface area contributed by atoms with Crippen molar-refractivity contribution in [3.63, 3.8) is 0 Å². The van der Waals surface area contributed by atoms with Crippen LogP contribution in [-0.4, -0.2) is 56.5 Å². The lowest BCUT2D eigenvalue weighted by Crippen LogP contribution is -2.36. The summed E-state index contributed by atoms with van der Waals surface area (Å²) in [5, 5.41) is 3.46. The van der Waals surface area contributed by atoms with Crippen LogP contribution in [0.15, 0.2) is 0 Å². The van der Waals surface area contributed by atoms with Crippen molar-refractivity contribution in [3.05, 3.63) is 0 Å². The van der Waals surface area contributed by atoms with E-state index in [1.807, 2.05) is 25.7 Å². The second kappa shape index (κ2) is 7.84. The summed E-state index contributed by atoms with van der Waals surface area (Å²) >= 11 is 0. The maximum atomic E-state index is 11.9. The molecular formula is C15H30N2O3. The van der Waals surface area contributed by atoms with Gasteiger partial charge in [-0.3, -0.25) is 0 Å². The molecule has 0 radical (unpaired) electrons. The van der Waals surface area contributed by atoms with Crippen LogP contribution in [0.3, 0.4) is 0 Å². The summed E-state index contributed by atoms with van der Waals surface area (Å²) in [5.41, 5.74) is -0.414. The third kappa shape index (κ3) is 6.57. The molecule has 2 unspecified atom stereocenters. The fourth-order valence-electron chi connectivity index (χ4n) is 2.37. The van der Waals surface area contributed by atoms with Crippen LogP contribution in [0.5, 0.6) is 0 Å². The molecule has 1 aliphatic rings. The summed E-state index contributed by atoms with van der Waals surface area (Å²) in [6.07, 6.45) is 0.859. The van der Waals surface area contributed by atoms with Crippen molar-refractivity contribution < 1.29 is 14.3 Å². The van der Waals surface area contributed by atoms with Gasteiger partial charge in [-0.2, -0.15) is 0 Å². The normalized spacial score (nSPS) is 21.1. The molecule has 0 bridgehead atoms. The molecule has 118 valence electrons. The monoisotopic (exact) mass is 286 g/mol. The average molecular weight is 286 g/mol. The number of nitrogens with zero attached hydrogens (tertiary/aromatic N) is 1. The number of carbonyl (C=O) groups excluding carboxylic acids is 1. The largest absolute Gasteiger partial charge is 0.444 e. The summed E-state index contributed by atoms with van der Waals surface area (Å²) < 4.78 is 10.5. The molecule has 5 heteroatoms. The zero-order valence-electron chi connectivity index (χ0n) is 13.6. The molecule has 1 saturated heterocycles. The first-order valence-corrected chi connectivity index (χ1v) is 7.49. The minimum absolute atomic E-state index is 0.187. The molecule has 2 atom stereocenters. The van der Waals surface area contributed by atoms with Crippen LogP contribution in [-0.2, 0) is 9.47 Å². The Hall–Kier alpha value is -0.810. The Morgan fingerprint density at radius 2 is 2.15 bits per heavy atom. The molecule has 0 aromatic heterocycles. The molecule has 0 saturated carbocycles. The van der Waals surface area contributed by atoms with Gasteiger partial charge in [-0.1, -0.05) is 6.92 Å². The maximum Gasteiger partial charge on any atom is 0.410 e. The van der Waals surface area contributed by atoms with Gasteiger partial charge in [0, 0.05) is 26.8 Å². The van der Waals surface area contributed by atoms with Crippen molar-refractivity contribution >= 4 is 6.09 Å². The van der Waals surface area contributed by atoms with E-state index in [1.165, 1.54) is 0 Å². The second-order valence-corrected chi connectivity index (χ2v) is 6.80. The maximum absolute atomic E-state index is 11.9. The third-order valence-corrected chi connectivity index (χ3v) is 3.31. The highest BCUT2D eigenvalue weighted by Gasteiger charge is 2.29. The lowest BCUT2D eigenvalue weighted by Gasteiger charge is -2.24. The number of rotatable bonds is 6. The zero-order chi connectivity index (χ0) is 15.2. The Labute approximate surface area is 123 Å². The van der Waals surface area contributed by atoms with E-state index in [4.69, 9.17) is 9.47 Å². The van der Waals surface area contributed by atoms with Gasteiger partial charge in [0.05, 0.1) is 0 Å². The Morgan fingerprint density at radius 3 is 2.75 bits per heavy atom. The standard InChI is InChI=1S/C15H30N2O3/c1-12(11-19-5)8-16-9-13-6-7-17(10-13)14(18)20-15(2,3)4/h12-13,16H,6-11H2,1-5H3. The lowest BCUT2D eigenvalue weighted by atomic mass is 10.1. The van der Waals surface area contributed by atoms with Gasteiger partial charge in [-0.05, 0) is 52.1 Å². The van der Waals surface area contributed by atoms with Crippen LogP contribution in [0, 0.1) is 11.8 Å². The fraction of sp³-hybridized carbons (Fsp3) is 0.933. The molecule has 1 N–H and O–H groups in total. The molecule has 5 nitrogen and oxygen atoms in total. The minimum atomic E-state index is -0.414. The summed E-state index contributed by atoms with van der Waals surface area (Å²) in [5.74, 6) is 1.04. The van der Waals surface area contributed by atoms with Gasteiger partial charge in [-0.25, -0.2) is 4.79 Å². The summed E-state index contributed by atoms with van der Waals surface area (Å²) in [4.78, 5) is 13.8. The summed E-state index contributed by atoms with van der Waals surface area (Å²) in [6, 6.07) is 0. The molecule has 1 heterocycles. The van der Waals surface area contributed by atoms with Gasteiger partial charge in [0.25, 0.3) is 0 Å². The first-order valence-electron chi connectivity index (χ1n) is 7.49. The van der Waals surface area contributed by atoms with Crippen molar-refractivity contribution in [2.24, 2.45) is 11.8 Å². The molecule has 0 spiro atoms. The number of ether oxygens (including phenoxy) is 2. The highest BCUT2D eigenvalue weighted by atomic mass is 16.6. The topological polar surface area (TPSA) is 50.8 Å². The summed E-state index contributed by atoms with van der Waals surface area (Å²) in [7, 11) is 1.73. The SMILES string of the molecule is COCC(C)CNCC1CCN(C(=O)OC(C)(C)C)C1. The smallest absolute Gasteiger partial charge is 0.410 e. The molecular weight excluding hydrogens is 256 g/mol. The molecule has 1 rings (SSSR count). The van der Waals surface area contributed by atoms with E-state index in [2.05, 4.69) is 12.2 Å². The van der Waals surface area contributed by atoms with E-state index in [0.717, 1.165) is 39.2 Å². The van der Waals surface area contributed by atoms with E-state index in [0.29, 0.717) is 11.8 Å². The van der Waals surface area contributed by atoms with Gasteiger partial charge >= 0.3 is 6.09 Å². The third-order valence-electron chi connectivity index (χ3n) is 3.31. The Bertz CT molecular complexity index is 302. The van der Waals surface area contributed by atoms with Crippen molar-refractivity contribution in [1.82, 2.24) is 10.2 Å². The second-order valence-electron chi connectivity index (χ2n) is 6.80. The highest BCUT2D eigenvalue weighted by molar-refractivity contribution is 5.68. The number of carbonyl (C=O) groups is 1. The first-order chi connectivity index (χ1) is 9.31. The van der Waals surface area contributed by atoms with Crippen molar-refractivity contribution in [3.8, 4) is 0 Å². The predicted molar refractivity (Wildman–Crippen MR) is 79.8 cm³/mol. The van der Waals surface area contributed by atoms with E-state index >= 15 is 0 Å². The van der Waals surface area contributed by atoms with E-state index in [-0.39, 0.29) is 6.09 Å². The molecule has 0 aromatic rings. The zero-order valence-corrected chi connectivity index (χ0v) is 13.6. The van der Waals surface area contributed by atoms with Gasteiger partial charge in [0.15, 0.2) is 0 Å². The number of hydrogen-bond donors (Lipinski definition) is 1. The Morgan fingerprint density at radius 1 is 1.45 bits per heavy atom. The van der Waals surface area contributed by atoms with Crippen LogP contribution in [0.1, 0.15) is 34.1 Å². The number of nitrogens with one attached hydrogen (secondary N) is 1. The molecule has 20 heavy (non-hydrogen) atoms. The van der Waals surface area contributed by atoms with E-state index < -0.39 is 5.60 Å². The minimum Gasteiger partial charge on any atom is -0.444 e. The predicted octanol–water partition coefficient (Wildman–Crippen LogP) is 2.12. The first kappa shape index (κ1) is 17.2. The van der Waals surface area contributed by atoms with Crippen LogP contribution < -0.4 is 5.32 Å². The van der Waals surface area contributed by atoms with Crippen molar-refractivity contribution in [1.29, 1.82) is 0 Å². The van der Waals surface area contributed by atoms with Crippen LogP contribution in [0.25, 0.3) is 0 Å². The lowest BCUT2D eigenvalue weighted by molar-refractivity contribution is 0.0288. The van der Waals surface area contributed by atoms with E-state index in [9.17, 15) is 4.79 Å². The Balaban J connectivity index is 2.21. The summed E-state index contributed by atoms with van der Waals surface area (Å²) in [6.45, 7) is 12.1. The molecule has 1 aliphatic heterocycles. The van der Waals surface area contributed by atoms with Crippen molar-refractivity contribution in [2.75, 3.05) is 39.9 Å². The van der Waals surface area contributed by atoms with Crippen LogP contribution in [0.2, 0.25) is 0 Å². The molecule has 1 fully saturated rings. The quantitative estimate of drug-likeness (QED) is 0.812. The van der Waals surface area contributed by atoms with Crippen LogP contribution in [0.4, 0.5) is 4.79 Å². The fourth-order valence-corrected chi connectivity index (χ4v) is 2.37. The number of hydrogen-bond acceptors (Lipinski definition) is 4. The number of amides is 1. The highest BCUT2D eigenvalue weighted by Crippen LogP contribution is 2.18. The molecule has 0 aromatic carbocycles. The van der Waals surface area contributed by atoms with E-state index in [1.54, 1.807) is 7.11 Å². The average Bonchev–Trinajstić information content (AvgIpc) is 2.76. The van der Waals surface area contributed by atoms with Gasteiger partial charge in [0.2, 0.25) is 0 Å². The van der Waals surface area contributed by atoms with Gasteiger partial charge < -0.3 is 19.7 Å². The van der Waals surface area contributed by atoms with Crippen molar-refractivity contribution in [2.45, 2.75) is 39.7 Å².